The van der Waals surface area contributed by atoms with E-state index in [1.165, 1.54) is 16.8 Å². The summed E-state index contributed by atoms with van der Waals surface area (Å²) >= 11 is 1.63. The monoisotopic (exact) mass is 243 g/mol. The van der Waals surface area contributed by atoms with Crippen LogP contribution in [-0.2, 0) is 6.42 Å². The third-order valence-corrected chi connectivity index (χ3v) is 3.63. The van der Waals surface area contributed by atoms with E-state index in [0.29, 0.717) is 0 Å². The summed E-state index contributed by atoms with van der Waals surface area (Å²) < 4.78 is 2.14. The van der Waals surface area contributed by atoms with Crippen molar-refractivity contribution < 1.29 is 0 Å². The van der Waals surface area contributed by atoms with E-state index in [4.69, 9.17) is 0 Å². The maximum absolute atomic E-state index is 4.29. The van der Waals surface area contributed by atoms with Crippen LogP contribution in [0.3, 0.4) is 0 Å². The molecule has 1 aliphatic rings. The summed E-state index contributed by atoms with van der Waals surface area (Å²) in [4.78, 5) is 0. The van der Waals surface area contributed by atoms with Gasteiger partial charge in [0.15, 0.2) is 5.16 Å². The third kappa shape index (κ3) is 1.69. The lowest BCUT2D eigenvalue weighted by atomic mass is 10.0. The van der Waals surface area contributed by atoms with Gasteiger partial charge in [0.25, 0.3) is 0 Å². The Hall–Kier alpha value is -1.55. The van der Waals surface area contributed by atoms with E-state index >= 15 is 0 Å². The highest BCUT2D eigenvalue weighted by Crippen LogP contribution is 2.27. The molecule has 0 spiro atoms. The van der Waals surface area contributed by atoms with Gasteiger partial charge in [-0.25, -0.2) is 0 Å². The fraction of sp³-hybridized carbons (Fsp3) is 0.231. The second-order valence-electron chi connectivity index (χ2n) is 4.10. The van der Waals surface area contributed by atoms with E-state index < -0.39 is 0 Å². The largest absolute Gasteiger partial charge is 0.278 e. The molecule has 0 bridgehead atoms. The van der Waals surface area contributed by atoms with Gasteiger partial charge in [-0.15, -0.1) is 10.2 Å². The molecular formula is C13H13N3S. The number of hydrogen-bond acceptors (Lipinski definition) is 3. The van der Waals surface area contributed by atoms with Crippen LogP contribution in [0.2, 0.25) is 0 Å². The molecule has 0 aliphatic carbocycles. The zero-order valence-electron chi connectivity index (χ0n) is 9.84. The van der Waals surface area contributed by atoms with Crippen molar-refractivity contribution in [2.75, 3.05) is 6.26 Å². The third-order valence-electron chi connectivity index (χ3n) is 3.00. The molecule has 0 fully saturated rings. The SMILES string of the molecule is CSc1nnc2n1C(C)=Cc1ccccc1C2. The summed E-state index contributed by atoms with van der Waals surface area (Å²) in [5.41, 5.74) is 3.77. The van der Waals surface area contributed by atoms with Gasteiger partial charge in [0, 0.05) is 12.1 Å². The van der Waals surface area contributed by atoms with Crippen molar-refractivity contribution in [1.82, 2.24) is 14.8 Å². The Balaban J connectivity index is 2.22. The van der Waals surface area contributed by atoms with Crippen molar-refractivity contribution >= 4 is 23.5 Å². The number of benzene rings is 1. The van der Waals surface area contributed by atoms with Crippen molar-refractivity contribution in [3.05, 3.63) is 41.2 Å². The lowest BCUT2D eigenvalue weighted by Gasteiger charge is -2.05. The molecule has 17 heavy (non-hydrogen) atoms. The van der Waals surface area contributed by atoms with E-state index in [9.17, 15) is 0 Å². The normalized spacial score (nSPS) is 13.6. The van der Waals surface area contributed by atoms with Gasteiger partial charge in [0.1, 0.15) is 5.82 Å². The maximum atomic E-state index is 4.29. The first-order valence-electron chi connectivity index (χ1n) is 5.54. The predicted molar refractivity (Wildman–Crippen MR) is 70.9 cm³/mol. The number of nitrogens with zero attached hydrogens (tertiary/aromatic N) is 3. The number of hydrogen-bond donors (Lipinski definition) is 0. The van der Waals surface area contributed by atoms with Crippen molar-refractivity contribution in [3.8, 4) is 0 Å². The Kier molecular flexibility index (Phi) is 2.52. The van der Waals surface area contributed by atoms with Gasteiger partial charge in [0.2, 0.25) is 0 Å². The highest BCUT2D eigenvalue weighted by atomic mass is 32.2. The highest BCUT2D eigenvalue weighted by molar-refractivity contribution is 7.98. The molecule has 4 heteroatoms. The summed E-state index contributed by atoms with van der Waals surface area (Å²) in [6, 6.07) is 8.45. The second kappa shape index (κ2) is 4.04. The van der Waals surface area contributed by atoms with Gasteiger partial charge < -0.3 is 0 Å². The van der Waals surface area contributed by atoms with Crippen LogP contribution in [0.1, 0.15) is 23.9 Å². The topological polar surface area (TPSA) is 30.7 Å². The molecule has 3 rings (SSSR count). The average Bonchev–Trinajstić information content (AvgIpc) is 2.68. The van der Waals surface area contributed by atoms with Crippen LogP contribution in [0.5, 0.6) is 0 Å². The van der Waals surface area contributed by atoms with E-state index in [2.05, 4.69) is 52.0 Å². The number of rotatable bonds is 1. The van der Waals surface area contributed by atoms with Crippen molar-refractivity contribution in [2.45, 2.75) is 18.5 Å². The van der Waals surface area contributed by atoms with Gasteiger partial charge in [-0.2, -0.15) is 0 Å². The lowest BCUT2D eigenvalue weighted by molar-refractivity contribution is 0.871. The second-order valence-corrected chi connectivity index (χ2v) is 4.87. The number of fused-ring (bicyclic) bond motifs is 2. The number of aromatic nitrogens is 3. The lowest BCUT2D eigenvalue weighted by Crippen LogP contribution is -2.00. The number of thioether (sulfide) groups is 1. The quantitative estimate of drug-likeness (QED) is 0.721. The van der Waals surface area contributed by atoms with E-state index in [-0.39, 0.29) is 0 Å². The summed E-state index contributed by atoms with van der Waals surface area (Å²) in [5, 5.41) is 9.46. The Bertz CT molecular complexity index is 598. The first-order chi connectivity index (χ1) is 8.29. The molecule has 3 nitrogen and oxygen atoms in total. The predicted octanol–water partition coefficient (Wildman–Crippen LogP) is 2.92. The minimum atomic E-state index is 0.845. The molecule has 0 amide bonds. The zero-order chi connectivity index (χ0) is 11.8. The molecule has 0 saturated heterocycles. The Morgan fingerprint density at radius 1 is 1.24 bits per heavy atom. The van der Waals surface area contributed by atoms with Crippen LogP contribution in [-0.4, -0.2) is 21.0 Å². The average molecular weight is 243 g/mol. The number of allylic oxidation sites excluding steroid dienone is 1. The van der Waals surface area contributed by atoms with Gasteiger partial charge in [0.05, 0.1) is 0 Å². The van der Waals surface area contributed by atoms with Gasteiger partial charge in [-0.1, -0.05) is 36.0 Å². The molecule has 0 N–H and O–H groups in total. The Labute approximate surface area is 105 Å². The first kappa shape index (κ1) is 10.6. The van der Waals surface area contributed by atoms with Crippen molar-refractivity contribution in [1.29, 1.82) is 0 Å². The smallest absolute Gasteiger partial charge is 0.195 e. The molecule has 0 atom stereocenters. The molecule has 0 radical (unpaired) electrons. The molecule has 86 valence electrons. The minimum Gasteiger partial charge on any atom is -0.278 e. The zero-order valence-corrected chi connectivity index (χ0v) is 10.7. The van der Waals surface area contributed by atoms with Gasteiger partial charge >= 0.3 is 0 Å². The van der Waals surface area contributed by atoms with Crippen LogP contribution in [0.25, 0.3) is 11.8 Å². The van der Waals surface area contributed by atoms with Crippen LogP contribution in [0.4, 0.5) is 0 Å². The van der Waals surface area contributed by atoms with Crippen molar-refractivity contribution in [3.63, 3.8) is 0 Å². The Morgan fingerprint density at radius 3 is 2.88 bits per heavy atom. The Morgan fingerprint density at radius 2 is 2.06 bits per heavy atom. The molecule has 1 aliphatic heterocycles. The van der Waals surface area contributed by atoms with Gasteiger partial charge in [-0.05, 0) is 30.4 Å². The van der Waals surface area contributed by atoms with Crippen molar-refractivity contribution in [2.24, 2.45) is 0 Å². The fourth-order valence-corrected chi connectivity index (χ4v) is 2.75. The molecule has 2 aromatic rings. The summed E-state index contributed by atoms with van der Waals surface area (Å²) in [6.07, 6.45) is 5.08. The molecular weight excluding hydrogens is 230 g/mol. The van der Waals surface area contributed by atoms with E-state index in [1.54, 1.807) is 11.8 Å². The minimum absolute atomic E-state index is 0.845. The molecule has 1 aromatic heterocycles. The van der Waals surface area contributed by atoms with E-state index in [1.807, 2.05) is 6.26 Å². The van der Waals surface area contributed by atoms with Crippen LogP contribution < -0.4 is 0 Å². The maximum Gasteiger partial charge on any atom is 0.195 e. The molecule has 0 saturated carbocycles. The van der Waals surface area contributed by atoms with Gasteiger partial charge in [-0.3, -0.25) is 4.57 Å². The first-order valence-corrected chi connectivity index (χ1v) is 6.77. The van der Waals surface area contributed by atoms with E-state index in [0.717, 1.165) is 17.4 Å². The summed E-state index contributed by atoms with van der Waals surface area (Å²) in [6.45, 7) is 2.11. The molecule has 2 heterocycles. The molecule has 0 unspecified atom stereocenters. The van der Waals surface area contributed by atoms with Crippen LogP contribution in [0.15, 0.2) is 29.4 Å². The highest BCUT2D eigenvalue weighted by Gasteiger charge is 2.17. The standard InChI is InChI=1S/C13H13N3S/c1-9-7-10-5-3-4-6-11(10)8-12-14-15-13(17-2)16(9)12/h3-7H,8H2,1-2H3. The van der Waals surface area contributed by atoms with Crippen LogP contribution in [0, 0.1) is 0 Å². The summed E-state index contributed by atoms with van der Waals surface area (Å²) in [5.74, 6) is 1.02. The fourth-order valence-electron chi connectivity index (χ4n) is 2.20. The van der Waals surface area contributed by atoms with Crippen LogP contribution >= 0.6 is 11.8 Å². The summed E-state index contributed by atoms with van der Waals surface area (Å²) in [7, 11) is 0. The molecule has 1 aromatic carbocycles.